The van der Waals surface area contributed by atoms with Crippen molar-refractivity contribution in [3.05, 3.63) is 29.6 Å². The lowest BCUT2D eigenvalue weighted by atomic mass is 10.1. The first-order chi connectivity index (χ1) is 14.3. The minimum atomic E-state index is -4.94. The van der Waals surface area contributed by atoms with Gasteiger partial charge in [0.1, 0.15) is 12.5 Å². The highest BCUT2D eigenvalue weighted by Crippen LogP contribution is 2.27. The zero-order valence-corrected chi connectivity index (χ0v) is 16.3. The Bertz CT molecular complexity index is 720. The summed E-state index contributed by atoms with van der Waals surface area (Å²) in [6, 6.07) is 4.88. The second kappa shape index (κ2) is 9.78. The third kappa shape index (κ3) is 5.51. The van der Waals surface area contributed by atoms with Crippen molar-refractivity contribution in [3.8, 4) is 0 Å². The molecule has 11 heteroatoms. The maximum Gasteiger partial charge on any atom is 0.428 e. The number of carbonyl (C=O) groups excluding carboxylic acids is 1. The van der Waals surface area contributed by atoms with Gasteiger partial charge in [-0.05, 0) is 11.6 Å². The van der Waals surface area contributed by atoms with E-state index in [4.69, 9.17) is 4.74 Å². The lowest BCUT2D eigenvalue weighted by Crippen LogP contribution is -2.50. The molecule has 1 amide bonds. The molecule has 1 unspecified atom stereocenters. The Hall–Kier alpha value is -2.14. The Balaban J connectivity index is 1.57. The van der Waals surface area contributed by atoms with Crippen molar-refractivity contribution in [2.75, 3.05) is 64.1 Å². The molecule has 0 saturated carbocycles. The summed E-state index contributed by atoms with van der Waals surface area (Å²) in [5, 5.41) is 0. The van der Waals surface area contributed by atoms with Crippen molar-refractivity contribution in [3.63, 3.8) is 0 Å². The van der Waals surface area contributed by atoms with Crippen molar-refractivity contribution < 1.29 is 36.2 Å². The molecule has 168 valence electrons. The van der Waals surface area contributed by atoms with Crippen LogP contribution in [0.25, 0.3) is 0 Å². The number of rotatable bonds is 5. The molecule has 2 saturated heterocycles. The van der Waals surface area contributed by atoms with Crippen LogP contribution in [0.4, 0.5) is 32.4 Å². The standard InChI is InChI=1S/C19H24F5N3O3/c20-12-16(19(22,23)24)30-18(28)27-6-4-25(5-7-27)13-14-2-1-3-15(21)17(14)26-8-10-29-11-9-26/h1-3,16H,4-13H2. The molecule has 0 aliphatic carbocycles. The van der Waals surface area contributed by atoms with Crippen molar-refractivity contribution in [2.45, 2.75) is 18.8 Å². The van der Waals surface area contributed by atoms with E-state index in [2.05, 4.69) is 4.74 Å². The Morgan fingerprint density at radius 1 is 1.10 bits per heavy atom. The molecule has 1 aromatic rings. The van der Waals surface area contributed by atoms with Gasteiger partial charge in [-0.3, -0.25) is 4.90 Å². The molecule has 2 aliphatic heterocycles. The molecule has 2 heterocycles. The number of halogens is 5. The predicted molar refractivity (Wildman–Crippen MR) is 98.6 cm³/mol. The predicted octanol–water partition coefficient (Wildman–Crippen LogP) is 2.82. The van der Waals surface area contributed by atoms with E-state index in [1.54, 1.807) is 6.07 Å². The molecule has 0 aromatic heterocycles. The largest absolute Gasteiger partial charge is 0.434 e. The van der Waals surface area contributed by atoms with Crippen molar-refractivity contribution in [1.82, 2.24) is 9.80 Å². The number of benzene rings is 1. The summed E-state index contributed by atoms with van der Waals surface area (Å²) >= 11 is 0. The number of piperazine rings is 1. The van der Waals surface area contributed by atoms with E-state index >= 15 is 0 Å². The molecule has 3 rings (SSSR count). The Kier molecular flexibility index (Phi) is 7.35. The number of morpholine rings is 1. The summed E-state index contributed by atoms with van der Waals surface area (Å²) in [6.45, 7) is 1.85. The molecular formula is C19H24F5N3O3. The quantitative estimate of drug-likeness (QED) is 0.663. The highest BCUT2D eigenvalue weighted by Gasteiger charge is 2.44. The zero-order chi connectivity index (χ0) is 21.7. The molecule has 1 aromatic carbocycles. The fourth-order valence-corrected chi connectivity index (χ4v) is 3.54. The normalized spacial score (nSPS) is 19.6. The molecule has 0 N–H and O–H groups in total. The average molecular weight is 437 g/mol. The van der Waals surface area contributed by atoms with Crippen LogP contribution in [0.1, 0.15) is 5.56 Å². The summed E-state index contributed by atoms with van der Waals surface area (Å²) in [6.07, 6.45) is -8.89. The monoisotopic (exact) mass is 437 g/mol. The minimum Gasteiger partial charge on any atom is -0.434 e. The van der Waals surface area contributed by atoms with Gasteiger partial charge >= 0.3 is 12.3 Å². The lowest BCUT2D eigenvalue weighted by Gasteiger charge is -2.36. The van der Waals surface area contributed by atoms with Gasteiger partial charge in [-0.2, -0.15) is 13.2 Å². The third-order valence-corrected chi connectivity index (χ3v) is 5.17. The van der Waals surface area contributed by atoms with Crippen LogP contribution in [0, 0.1) is 5.82 Å². The summed E-state index contributed by atoms with van der Waals surface area (Å²) in [4.78, 5) is 17.0. The number of carbonyl (C=O) groups is 1. The van der Waals surface area contributed by atoms with Gasteiger partial charge in [0.15, 0.2) is 0 Å². The fourth-order valence-electron chi connectivity index (χ4n) is 3.54. The summed E-state index contributed by atoms with van der Waals surface area (Å²) in [5.74, 6) is -0.318. The number of ether oxygens (including phenoxy) is 2. The first-order valence-electron chi connectivity index (χ1n) is 9.70. The van der Waals surface area contributed by atoms with Gasteiger partial charge in [0, 0.05) is 45.8 Å². The lowest BCUT2D eigenvalue weighted by molar-refractivity contribution is -0.209. The number of alkyl halides is 4. The van der Waals surface area contributed by atoms with Gasteiger partial charge < -0.3 is 19.3 Å². The Labute approximate surface area is 171 Å². The van der Waals surface area contributed by atoms with Crippen LogP contribution in [0.3, 0.4) is 0 Å². The molecule has 30 heavy (non-hydrogen) atoms. The molecule has 0 radical (unpaired) electrons. The molecule has 2 fully saturated rings. The number of hydrogen-bond acceptors (Lipinski definition) is 5. The van der Waals surface area contributed by atoms with Crippen LogP contribution >= 0.6 is 0 Å². The first-order valence-corrected chi connectivity index (χ1v) is 9.70. The fraction of sp³-hybridized carbons (Fsp3) is 0.632. The second-order valence-corrected chi connectivity index (χ2v) is 7.18. The van der Waals surface area contributed by atoms with Crippen LogP contribution in [0.15, 0.2) is 18.2 Å². The van der Waals surface area contributed by atoms with Gasteiger partial charge in [0.05, 0.1) is 18.9 Å². The number of para-hydroxylation sites is 1. The number of anilines is 1. The van der Waals surface area contributed by atoms with Gasteiger partial charge in [-0.25, -0.2) is 13.6 Å². The van der Waals surface area contributed by atoms with Crippen LogP contribution < -0.4 is 4.90 Å². The smallest absolute Gasteiger partial charge is 0.428 e. The molecule has 6 nitrogen and oxygen atoms in total. The van der Waals surface area contributed by atoms with E-state index in [0.29, 0.717) is 51.6 Å². The topological polar surface area (TPSA) is 45.2 Å². The first kappa shape index (κ1) is 22.5. The maximum absolute atomic E-state index is 14.5. The Morgan fingerprint density at radius 3 is 2.37 bits per heavy atom. The molecular weight excluding hydrogens is 413 g/mol. The average Bonchev–Trinajstić information content (AvgIpc) is 2.72. The van der Waals surface area contributed by atoms with Crippen LogP contribution in [0.2, 0.25) is 0 Å². The van der Waals surface area contributed by atoms with E-state index in [9.17, 15) is 26.7 Å². The van der Waals surface area contributed by atoms with Gasteiger partial charge in [0.2, 0.25) is 6.10 Å². The molecule has 0 spiro atoms. The minimum absolute atomic E-state index is 0.137. The molecule has 0 bridgehead atoms. The molecule has 2 aliphatic rings. The van der Waals surface area contributed by atoms with E-state index in [1.807, 2.05) is 15.9 Å². The maximum atomic E-state index is 14.5. The summed E-state index contributed by atoms with van der Waals surface area (Å²) in [7, 11) is 0. The van der Waals surface area contributed by atoms with Gasteiger partial charge in [-0.15, -0.1) is 0 Å². The van der Waals surface area contributed by atoms with E-state index in [1.165, 1.54) is 6.07 Å². The number of nitrogens with zero attached hydrogens (tertiary/aromatic N) is 3. The van der Waals surface area contributed by atoms with Gasteiger partial charge in [0.25, 0.3) is 0 Å². The van der Waals surface area contributed by atoms with Crippen molar-refractivity contribution >= 4 is 11.8 Å². The number of hydrogen-bond donors (Lipinski definition) is 0. The second-order valence-electron chi connectivity index (χ2n) is 7.18. The molecule has 1 atom stereocenters. The van der Waals surface area contributed by atoms with E-state index < -0.39 is 25.0 Å². The van der Waals surface area contributed by atoms with E-state index in [-0.39, 0.29) is 18.9 Å². The summed E-state index contributed by atoms with van der Waals surface area (Å²) < 4.78 is 74.4. The summed E-state index contributed by atoms with van der Waals surface area (Å²) in [5.41, 5.74) is 1.32. The SMILES string of the molecule is O=C(OC(CF)C(F)(F)F)N1CCN(Cc2cccc(F)c2N2CCOCC2)CC1. The van der Waals surface area contributed by atoms with Crippen LogP contribution in [0.5, 0.6) is 0 Å². The highest BCUT2D eigenvalue weighted by molar-refractivity contribution is 5.68. The third-order valence-electron chi connectivity index (χ3n) is 5.17. The Morgan fingerprint density at radius 2 is 1.77 bits per heavy atom. The van der Waals surface area contributed by atoms with E-state index in [0.717, 1.165) is 10.5 Å². The number of amides is 1. The van der Waals surface area contributed by atoms with Gasteiger partial charge in [-0.1, -0.05) is 12.1 Å². The van der Waals surface area contributed by atoms with Crippen LogP contribution in [-0.4, -0.2) is 87.3 Å². The highest BCUT2D eigenvalue weighted by atomic mass is 19.4. The van der Waals surface area contributed by atoms with Crippen LogP contribution in [-0.2, 0) is 16.0 Å². The zero-order valence-electron chi connectivity index (χ0n) is 16.3. The van der Waals surface area contributed by atoms with Crippen molar-refractivity contribution in [2.24, 2.45) is 0 Å². The van der Waals surface area contributed by atoms with Crippen molar-refractivity contribution in [1.29, 1.82) is 0 Å².